The summed E-state index contributed by atoms with van der Waals surface area (Å²) in [7, 11) is 0. The lowest BCUT2D eigenvalue weighted by Crippen LogP contribution is -2.50. The quantitative estimate of drug-likeness (QED) is 0.813. The standard InChI is InChI=1S/C13H27N3S/c1-12(2)16-8-6-15(7-9-16)5-3-13-11-17-10-4-14-13/h12-14H,3-11H2,1-2H3. The Kier molecular flexibility index (Phi) is 5.60. The summed E-state index contributed by atoms with van der Waals surface area (Å²) < 4.78 is 0. The number of nitrogens with zero attached hydrogens (tertiary/aromatic N) is 2. The highest BCUT2D eigenvalue weighted by atomic mass is 32.2. The van der Waals surface area contributed by atoms with Crippen molar-refractivity contribution in [3.8, 4) is 0 Å². The van der Waals surface area contributed by atoms with Gasteiger partial charge in [0.15, 0.2) is 0 Å². The van der Waals surface area contributed by atoms with E-state index in [0.29, 0.717) is 6.04 Å². The van der Waals surface area contributed by atoms with Crippen LogP contribution in [0.3, 0.4) is 0 Å². The summed E-state index contributed by atoms with van der Waals surface area (Å²) in [4.78, 5) is 5.23. The lowest BCUT2D eigenvalue weighted by atomic mass is 10.2. The Balaban J connectivity index is 1.61. The predicted molar refractivity (Wildman–Crippen MR) is 76.9 cm³/mol. The number of hydrogen-bond donors (Lipinski definition) is 1. The molecule has 0 aromatic rings. The van der Waals surface area contributed by atoms with Crippen molar-refractivity contribution in [2.24, 2.45) is 0 Å². The lowest BCUT2D eigenvalue weighted by Gasteiger charge is -2.37. The van der Waals surface area contributed by atoms with E-state index in [4.69, 9.17) is 0 Å². The van der Waals surface area contributed by atoms with Gasteiger partial charge in [-0.1, -0.05) is 0 Å². The molecule has 2 saturated heterocycles. The lowest BCUT2D eigenvalue weighted by molar-refractivity contribution is 0.106. The third kappa shape index (κ3) is 4.43. The molecule has 0 aromatic heterocycles. The third-order valence-electron chi connectivity index (χ3n) is 3.93. The van der Waals surface area contributed by atoms with Gasteiger partial charge in [0, 0.05) is 56.3 Å². The Bertz CT molecular complexity index is 209. The molecule has 0 amide bonds. The fraction of sp³-hybridized carbons (Fsp3) is 1.00. The molecule has 0 saturated carbocycles. The molecule has 0 aromatic carbocycles. The van der Waals surface area contributed by atoms with Crippen molar-refractivity contribution < 1.29 is 0 Å². The van der Waals surface area contributed by atoms with Crippen molar-refractivity contribution in [2.75, 3.05) is 50.8 Å². The normalized spacial score (nSPS) is 28.8. The molecule has 3 nitrogen and oxygen atoms in total. The van der Waals surface area contributed by atoms with Gasteiger partial charge in [0.1, 0.15) is 0 Å². The Labute approximate surface area is 110 Å². The Hall–Kier alpha value is 0.230. The minimum Gasteiger partial charge on any atom is -0.312 e. The van der Waals surface area contributed by atoms with E-state index in [-0.39, 0.29) is 0 Å². The highest BCUT2D eigenvalue weighted by Crippen LogP contribution is 2.12. The molecule has 2 fully saturated rings. The molecule has 0 radical (unpaired) electrons. The maximum Gasteiger partial charge on any atom is 0.0170 e. The average molecular weight is 257 g/mol. The summed E-state index contributed by atoms with van der Waals surface area (Å²) in [6.07, 6.45) is 1.33. The first-order valence-corrected chi connectivity index (χ1v) is 8.18. The van der Waals surface area contributed by atoms with Gasteiger partial charge >= 0.3 is 0 Å². The first-order valence-electron chi connectivity index (χ1n) is 7.03. The average Bonchev–Trinajstić information content (AvgIpc) is 2.38. The van der Waals surface area contributed by atoms with Crippen LogP contribution in [-0.4, -0.2) is 72.7 Å². The second kappa shape index (κ2) is 6.98. The molecule has 0 bridgehead atoms. The zero-order valence-corrected chi connectivity index (χ0v) is 12.1. The van der Waals surface area contributed by atoms with Gasteiger partial charge in [-0.3, -0.25) is 4.90 Å². The van der Waals surface area contributed by atoms with Crippen molar-refractivity contribution in [3.63, 3.8) is 0 Å². The van der Waals surface area contributed by atoms with Crippen LogP contribution in [0.4, 0.5) is 0 Å². The summed E-state index contributed by atoms with van der Waals surface area (Å²) in [5, 5.41) is 3.63. The molecule has 1 atom stereocenters. The van der Waals surface area contributed by atoms with E-state index in [1.54, 1.807) is 0 Å². The van der Waals surface area contributed by atoms with Crippen LogP contribution in [0, 0.1) is 0 Å². The van der Waals surface area contributed by atoms with E-state index in [1.165, 1.54) is 57.2 Å². The predicted octanol–water partition coefficient (Wildman–Crippen LogP) is 1.11. The van der Waals surface area contributed by atoms with E-state index in [9.17, 15) is 0 Å². The maximum absolute atomic E-state index is 3.63. The van der Waals surface area contributed by atoms with Crippen LogP contribution in [0.2, 0.25) is 0 Å². The topological polar surface area (TPSA) is 18.5 Å². The molecular formula is C13H27N3S. The number of hydrogen-bond acceptors (Lipinski definition) is 4. The molecule has 0 aliphatic carbocycles. The smallest absolute Gasteiger partial charge is 0.0170 e. The summed E-state index contributed by atoms with van der Waals surface area (Å²) in [5.41, 5.74) is 0. The minimum absolute atomic E-state index is 0.716. The van der Waals surface area contributed by atoms with Crippen LogP contribution in [0.1, 0.15) is 20.3 Å². The van der Waals surface area contributed by atoms with Crippen molar-refractivity contribution in [2.45, 2.75) is 32.4 Å². The Morgan fingerprint density at radius 2 is 2.00 bits per heavy atom. The summed E-state index contributed by atoms with van der Waals surface area (Å²) in [5.74, 6) is 2.61. The molecular weight excluding hydrogens is 230 g/mol. The maximum atomic E-state index is 3.63. The first kappa shape index (κ1) is 13.7. The summed E-state index contributed by atoms with van der Waals surface area (Å²) in [6, 6.07) is 1.48. The molecule has 4 heteroatoms. The van der Waals surface area contributed by atoms with Crippen molar-refractivity contribution in [1.29, 1.82) is 0 Å². The van der Waals surface area contributed by atoms with Crippen LogP contribution in [0.25, 0.3) is 0 Å². The van der Waals surface area contributed by atoms with Crippen molar-refractivity contribution in [3.05, 3.63) is 0 Å². The Morgan fingerprint density at radius 1 is 1.24 bits per heavy atom. The zero-order chi connectivity index (χ0) is 12.1. The molecule has 0 spiro atoms. The van der Waals surface area contributed by atoms with Gasteiger partial charge in [-0.2, -0.15) is 11.8 Å². The van der Waals surface area contributed by atoms with Gasteiger partial charge in [0.2, 0.25) is 0 Å². The van der Waals surface area contributed by atoms with E-state index >= 15 is 0 Å². The highest BCUT2D eigenvalue weighted by molar-refractivity contribution is 7.99. The van der Waals surface area contributed by atoms with Gasteiger partial charge in [-0.15, -0.1) is 0 Å². The van der Waals surface area contributed by atoms with Crippen LogP contribution in [-0.2, 0) is 0 Å². The number of nitrogens with one attached hydrogen (secondary N) is 1. The van der Waals surface area contributed by atoms with Gasteiger partial charge < -0.3 is 10.2 Å². The molecule has 2 aliphatic rings. The van der Waals surface area contributed by atoms with Crippen molar-refractivity contribution in [1.82, 2.24) is 15.1 Å². The number of thioether (sulfide) groups is 1. The zero-order valence-electron chi connectivity index (χ0n) is 11.3. The van der Waals surface area contributed by atoms with E-state index in [2.05, 4.69) is 40.7 Å². The van der Waals surface area contributed by atoms with Gasteiger partial charge in [0.05, 0.1) is 0 Å². The van der Waals surface area contributed by atoms with Gasteiger partial charge in [0.25, 0.3) is 0 Å². The van der Waals surface area contributed by atoms with Crippen LogP contribution < -0.4 is 5.32 Å². The molecule has 17 heavy (non-hydrogen) atoms. The van der Waals surface area contributed by atoms with Gasteiger partial charge in [-0.05, 0) is 26.8 Å². The van der Waals surface area contributed by atoms with E-state index in [1.807, 2.05) is 0 Å². The van der Waals surface area contributed by atoms with Crippen molar-refractivity contribution >= 4 is 11.8 Å². The molecule has 2 heterocycles. The van der Waals surface area contributed by atoms with Gasteiger partial charge in [-0.25, -0.2) is 0 Å². The Morgan fingerprint density at radius 3 is 2.59 bits per heavy atom. The largest absolute Gasteiger partial charge is 0.312 e. The second-order valence-corrected chi connectivity index (χ2v) is 6.64. The first-order chi connectivity index (χ1) is 8.25. The van der Waals surface area contributed by atoms with Crippen LogP contribution in [0.5, 0.6) is 0 Å². The van der Waals surface area contributed by atoms with E-state index in [0.717, 1.165) is 6.04 Å². The summed E-state index contributed by atoms with van der Waals surface area (Å²) >= 11 is 2.10. The number of piperazine rings is 1. The monoisotopic (exact) mass is 257 g/mol. The highest BCUT2D eigenvalue weighted by Gasteiger charge is 2.20. The second-order valence-electron chi connectivity index (χ2n) is 5.49. The molecule has 100 valence electrons. The van der Waals surface area contributed by atoms with Crippen LogP contribution in [0.15, 0.2) is 0 Å². The third-order valence-corrected chi connectivity index (χ3v) is 5.06. The molecule has 1 N–H and O–H groups in total. The van der Waals surface area contributed by atoms with Crippen LogP contribution >= 0.6 is 11.8 Å². The molecule has 1 unspecified atom stereocenters. The SMILES string of the molecule is CC(C)N1CCN(CCC2CSCCN2)CC1. The molecule has 2 aliphatic heterocycles. The fourth-order valence-corrected chi connectivity index (χ4v) is 3.64. The minimum atomic E-state index is 0.716. The summed E-state index contributed by atoms with van der Waals surface area (Å²) in [6.45, 7) is 12.1. The molecule has 2 rings (SSSR count). The number of rotatable bonds is 4. The fourth-order valence-electron chi connectivity index (χ4n) is 2.65. The van der Waals surface area contributed by atoms with E-state index < -0.39 is 0 Å².